The Bertz CT molecular complexity index is 410. The van der Waals surface area contributed by atoms with Crippen molar-refractivity contribution in [2.45, 2.75) is 13.8 Å². The first-order chi connectivity index (χ1) is 15.7. The molecule has 12 heteroatoms. The molecule has 2 N–H and O–H groups in total. The molecule has 0 saturated carbocycles. The van der Waals surface area contributed by atoms with Crippen LogP contribution in [0.5, 0.6) is 0 Å². The highest BCUT2D eigenvalue weighted by Gasteiger charge is 2.22. The topological polar surface area (TPSA) is 126 Å². The van der Waals surface area contributed by atoms with Gasteiger partial charge in [0.1, 0.15) is 0 Å². The van der Waals surface area contributed by atoms with E-state index in [1.807, 2.05) is 0 Å². The van der Waals surface area contributed by atoms with Gasteiger partial charge in [-0.3, -0.25) is 4.57 Å². The molecule has 0 atom stereocenters. The van der Waals surface area contributed by atoms with E-state index in [9.17, 15) is 4.57 Å². The molecule has 0 aromatic heterocycles. The molecule has 0 fully saturated rings. The van der Waals surface area contributed by atoms with Gasteiger partial charge in [-0.2, -0.15) is 0 Å². The minimum absolute atomic E-state index is 0.238. The number of ether oxygens (including phenoxy) is 7. The highest BCUT2D eigenvalue weighted by atomic mass is 31.2. The molecular formula is C20H44NO10P. The van der Waals surface area contributed by atoms with Crippen LogP contribution < -0.4 is 5.73 Å². The highest BCUT2D eigenvalue weighted by molar-refractivity contribution is 7.53. The van der Waals surface area contributed by atoms with E-state index < -0.39 is 7.60 Å². The quantitative estimate of drug-likeness (QED) is 0.133. The third-order valence-corrected chi connectivity index (χ3v) is 5.69. The minimum Gasteiger partial charge on any atom is -0.378 e. The van der Waals surface area contributed by atoms with Crippen molar-refractivity contribution in [3.05, 3.63) is 0 Å². The molecular weight excluding hydrogens is 445 g/mol. The van der Waals surface area contributed by atoms with Gasteiger partial charge in [0.05, 0.1) is 112 Å². The molecule has 0 spiro atoms. The van der Waals surface area contributed by atoms with Gasteiger partial charge >= 0.3 is 7.60 Å². The van der Waals surface area contributed by atoms with Crippen LogP contribution in [0, 0.1) is 0 Å². The second-order valence-corrected chi connectivity index (χ2v) is 8.43. The van der Waals surface area contributed by atoms with Gasteiger partial charge in [-0.1, -0.05) is 0 Å². The lowest BCUT2D eigenvalue weighted by molar-refractivity contribution is -0.0199. The fourth-order valence-electron chi connectivity index (χ4n) is 2.24. The summed E-state index contributed by atoms with van der Waals surface area (Å²) < 4.78 is 60.2. The molecule has 32 heavy (non-hydrogen) atoms. The maximum atomic E-state index is 12.2. The summed E-state index contributed by atoms with van der Waals surface area (Å²) in [5.41, 5.74) is 5.31. The summed E-state index contributed by atoms with van der Waals surface area (Å²) in [5.74, 6) is 0. The Labute approximate surface area is 192 Å². The average molecular weight is 490 g/mol. The van der Waals surface area contributed by atoms with Gasteiger partial charge in [-0.25, -0.2) is 0 Å². The minimum atomic E-state index is -3.03. The summed E-state index contributed by atoms with van der Waals surface area (Å²) in [4.78, 5) is 0. The van der Waals surface area contributed by atoms with Crippen molar-refractivity contribution in [3.8, 4) is 0 Å². The van der Waals surface area contributed by atoms with Gasteiger partial charge in [-0.15, -0.1) is 0 Å². The third kappa shape index (κ3) is 23.0. The highest BCUT2D eigenvalue weighted by Crippen LogP contribution is 2.47. The van der Waals surface area contributed by atoms with Gasteiger partial charge in [0.25, 0.3) is 0 Å². The van der Waals surface area contributed by atoms with Gasteiger partial charge in [0, 0.05) is 6.54 Å². The monoisotopic (exact) mass is 489 g/mol. The molecule has 0 unspecified atom stereocenters. The van der Waals surface area contributed by atoms with Crippen LogP contribution >= 0.6 is 7.60 Å². The van der Waals surface area contributed by atoms with Crippen molar-refractivity contribution in [2.75, 3.05) is 118 Å². The van der Waals surface area contributed by atoms with Crippen molar-refractivity contribution in [1.29, 1.82) is 0 Å². The summed E-state index contributed by atoms with van der Waals surface area (Å²) in [7, 11) is -3.03. The molecule has 0 aliphatic rings. The molecule has 194 valence electrons. The Morgan fingerprint density at radius 1 is 0.500 bits per heavy atom. The van der Waals surface area contributed by atoms with Crippen LogP contribution in [0.2, 0.25) is 0 Å². The van der Waals surface area contributed by atoms with Crippen molar-refractivity contribution in [3.63, 3.8) is 0 Å². The lowest BCUT2D eigenvalue weighted by atomic mass is 10.6. The van der Waals surface area contributed by atoms with Crippen molar-refractivity contribution < 1.29 is 46.8 Å². The zero-order valence-electron chi connectivity index (χ0n) is 19.8. The van der Waals surface area contributed by atoms with E-state index in [-0.39, 0.29) is 6.16 Å². The summed E-state index contributed by atoms with van der Waals surface area (Å²) in [6.07, 6.45) is 0.238. The van der Waals surface area contributed by atoms with Crippen LogP contribution in [0.25, 0.3) is 0 Å². The molecule has 0 saturated heterocycles. The van der Waals surface area contributed by atoms with E-state index in [2.05, 4.69) is 0 Å². The maximum absolute atomic E-state index is 12.2. The van der Waals surface area contributed by atoms with E-state index in [0.717, 1.165) is 0 Å². The van der Waals surface area contributed by atoms with Crippen LogP contribution in [0.15, 0.2) is 0 Å². The molecule has 0 heterocycles. The first-order valence-electron chi connectivity index (χ1n) is 11.3. The van der Waals surface area contributed by atoms with Gasteiger partial charge in [0.15, 0.2) is 0 Å². The molecule has 11 nitrogen and oxygen atoms in total. The molecule has 0 bridgehead atoms. The Kier molecular flexibility index (Phi) is 25.3. The standard InChI is InChI=1S/C20H44NO10P/c1-3-30-32(22,31-4-2)20-19-29-18-17-28-16-15-27-14-13-26-12-11-25-10-9-24-8-7-23-6-5-21/h3-21H2,1-2H3. The summed E-state index contributed by atoms with van der Waals surface area (Å²) >= 11 is 0. The fourth-order valence-corrected chi connectivity index (χ4v) is 3.71. The van der Waals surface area contributed by atoms with Crippen molar-refractivity contribution in [1.82, 2.24) is 0 Å². The van der Waals surface area contributed by atoms with Gasteiger partial charge < -0.3 is 47.9 Å². The second-order valence-electron chi connectivity index (χ2n) is 6.25. The molecule has 0 amide bonds. The maximum Gasteiger partial charge on any atom is 0.332 e. The predicted octanol–water partition coefficient (Wildman–Crippen LogP) is 1.33. The Morgan fingerprint density at radius 3 is 1.06 bits per heavy atom. The van der Waals surface area contributed by atoms with Crippen LogP contribution in [0.3, 0.4) is 0 Å². The van der Waals surface area contributed by atoms with Crippen molar-refractivity contribution >= 4 is 7.60 Å². The largest absolute Gasteiger partial charge is 0.378 e. The predicted molar refractivity (Wildman–Crippen MR) is 121 cm³/mol. The molecule has 0 aliphatic carbocycles. The van der Waals surface area contributed by atoms with Crippen LogP contribution in [-0.2, 0) is 46.8 Å². The van der Waals surface area contributed by atoms with Crippen LogP contribution in [0.4, 0.5) is 0 Å². The third-order valence-electron chi connectivity index (χ3n) is 3.66. The first-order valence-corrected chi connectivity index (χ1v) is 13.0. The average Bonchev–Trinajstić information content (AvgIpc) is 2.77. The molecule has 0 rings (SSSR count). The van der Waals surface area contributed by atoms with Gasteiger partial charge in [-0.05, 0) is 13.8 Å². The molecule has 0 aromatic rings. The van der Waals surface area contributed by atoms with Crippen LogP contribution in [0.1, 0.15) is 13.8 Å². The zero-order chi connectivity index (χ0) is 23.6. The van der Waals surface area contributed by atoms with E-state index in [4.69, 9.17) is 47.9 Å². The first kappa shape index (κ1) is 31.8. The lowest BCUT2D eigenvalue weighted by Crippen LogP contribution is -2.15. The smallest absolute Gasteiger partial charge is 0.332 e. The summed E-state index contributed by atoms with van der Waals surface area (Å²) in [6.45, 7) is 11.6. The Balaban J connectivity index is 3.20. The summed E-state index contributed by atoms with van der Waals surface area (Å²) in [6, 6.07) is 0. The van der Waals surface area contributed by atoms with E-state index >= 15 is 0 Å². The van der Waals surface area contributed by atoms with Gasteiger partial charge in [0.2, 0.25) is 0 Å². The van der Waals surface area contributed by atoms with E-state index in [1.165, 1.54) is 0 Å². The molecule has 0 radical (unpaired) electrons. The number of nitrogens with two attached hydrogens (primary N) is 1. The normalized spacial score (nSPS) is 12.0. The lowest BCUT2D eigenvalue weighted by Gasteiger charge is -2.16. The van der Waals surface area contributed by atoms with E-state index in [0.29, 0.717) is 112 Å². The SMILES string of the molecule is CCOP(=O)(CCOCCOCCOCCOCCOCCOCCOCCN)OCC. The van der Waals surface area contributed by atoms with E-state index in [1.54, 1.807) is 13.8 Å². The number of hydrogen-bond acceptors (Lipinski definition) is 11. The number of hydrogen-bond donors (Lipinski definition) is 1. The summed E-state index contributed by atoms with van der Waals surface area (Å²) in [5, 5.41) is 0. The Hall–Kier alpha value is -0.170. The van der Waals surface area contributed by atoms with Crippen LogP contribution in [-0.4, -0.2) is 118 Å². The fraction of sp³-hybridized carbons (Fsp3) is 1.00. The Morgan fingerprint density at radius 2 is 0.781 bits per heavy atom. The zero-order valence-corrected chi connectivity index (χ0v) is 20.7. The molecule has 0 aromatic carbocycles. The van der Waals surface area contributed by atoms with Crippen molar-refractivity contribution in [2.24, 2.45) is 5.73 Å². The number of rotatable bonds is 27. The molecule has 0 aliphatic heterocycles. The second kappa shape index (κ2) is 25.5.